The number of nitrogens with one attached hydrogen (secondary N) is 1. The van der Waals surface area contributed by atoms with Gasteiger partial charge < -0.3 is 4.90 Å². The summed E-state index contributed by atoms with van der Waals surface area (Å²) in [6.07, 6.45) is 8.65. The summed E-state index contributed by atoms with van der Waals surface area (Å²) >= 11 is 5.92. The summed E-state index contributed by atoms with van der Waals surface area (Å²) < 4.78 is 1.67. The number of carbonyl (C=O) groups is 1. The minimum absolute atomic E-state index is 0.0733. The van der Waals surface area contributed by atoms with E-state index in [1.807, 2.05) is 11.0 Å². The summed E-state index contributed by atoms with van der Waals surface area (Å²) in [7, 11) is 0. The zero-order valence-corrected chi connectivity index (χ0v) is 13.1. The van der Waals surface area contributed by atoms with Crippen molar-refractivity contribution in [3.63, 3.8) is 0 Å². The molecule has 0 aromatic carbocycles. The van der Waals surface area contributed by atoms with Crippen LogP contribution in [0.1, 0.15) is 34.9 Å². The van der Waals surface area contributed by atoms with Gasteiger partial charge in [0, 0.05) is 43.3 Å². The second-order valence-corrected chi connectivity index (χ2v) is 6.14. The lowest BCUT2D eigenvalue weighted by Gasteiger charge is -2.31. The molecule has 1 amide bonds. The molecule has 0 bridgehead atoms. The second-order valence-electron chi connectivity index (χ2n) is 5.71. The molecule has 3 aromatic heterocycles. The predicted molar refractivity (Wildman–Crippen MR) is 84.5 cm³/mol. The molecule has 23 heavy (non-hydrogen) atoms. The number of likely N-dealkylation sites (tertiary alicyclic amines) is 1. The number of halogens is 1. The number of nitrogens with zero attached hydrogens (tertiary/aromatic N) is 5. The van der Waals surface area contributed by atoms with E-state index in [0.29, 0.717) is 29.0 Å². The van der Waals surface area contributed by atoms with E-state index in [9.17, 15) is 4.79 Å². The van der Waals surface area contributed by atoms with Crippen LogP contribution in [0.15, 0.2) is 30.9 Å². The SMILES string of the molecule is O=C(c1cn2cc(Cl)cnc2n1)N1CCCC(c2ccn[nH]2)C1. The molecule has 118 valence electrons. The second kappa shape index (κ2) is 5.66. The van der Waals surface area contributed by atoms with E-state index >= 15 is 0 Å². The van der Waals surface area contributed by atoms with Crippen molar-refractivity contribution in [3.8, 4) is 0 Å². The summed E-state index contributed by atoms with van der Waals surface area (Å²) in [5.41, 5.74) is 1.47. The van der Waals surface area contributed by atoms with E-state index < -0.39 is 0 Å². The topological polar surface area (TPSA) is 79.2 Å². The van der Waals surface area contributed by atoms with Gasteiger partial charge in [0.25, 0.3) is 5.91 Å². The lowest BCUT2D eigenvalue weighted by atomic mass is 9.95. The Bertz CT molecular complexity index is 843. The average Bonchev–Trinajstić information content (AvgIpc) is 3.23. The van der Waals surface area contributed by atoms with E-state index in [1.54, 1.807) is 23.0 Å². The summed E-state index contributed by atoms with van der Waals surface area (Å²) in [6, 6.07) is 1.97. The summed E-state index contributed by atoms with van der Waals surface area (Å²) in [5, 5.41) is 7.50. The smallest absolute Gasteiger partial charge is 0.274 e. The number of hydrogen-bond acceptors (Lipinski definition) is 4. The number of carbonyl (C=O) groups excluding carboxylic acids is 1. The monoisotopic (exact) mass is 330 g/mol. The van der Waals surface area contributed by atoms with Crippen LogP contribution in [0.3, 0.4) is 0 Å². The van der Waals surface area contributed by atoms with E-state index in [-0.39, 0.29) is 5.91 Å². The van der Waals surface area contributed by atoms with Gasteiger partial charge in [0.1, 0.15) is 5.69 Å². The van der Waals surface area contributed by atoms with Gasteiger partial charge in [0.15, 0.2) is 0 Å². The van der Waals surface area contributed by atoms with Gasteiger partial charge in [-0.2, -0.15) is 5.10 Å². The van der Waals surface area contributed by atoms with Crippen molar-refractivity contribution in [1.82, 2.24) is 29.5 Å². The maximum absolute atomic E-state index is 12.7. The minimum Gasteiger partial charge on any atom is -0.337 e. The van der Waals surface area contributed by atoms with Crippen molar-refractivity contribution in [1.29, 1.82) is 0 Å². The third-order valence-corrected chi connectivity index (χ3v) is 4.36. The van der Waals surface area contributed by atoms with Gasteiger partial charge in [-0.05, 0) is 18.9 Å². The number of rotatable bonds is 2. The number of piperidine rings is 1. The fourth-order valence-corrected chi connectivity index (χ4v) is 3.19. The standard InChI is InChI=1S/C15H15ClN6O/c16-11-6-17-15-19-13(9-22(15)8-11)14(23)21-5-1-2-10(7-21)12-3-4-18-20-12/h3-4,6,8-10H,1-2,5,7H2,(H,18,20). The van der Waals surface area contributed by atoms with Crippen LogP contribution in [0.25, 0.3) is 5.78 Å². The number of aromatic nitrogens is 5. The van der Waals surface area contributed by atoms with Crippen LogP contribution in [0.5, 0.6) is 0 Å². The molecule has 7 nitrogen and oxygen atoms in total. The van der Waals surface area contributed by atoms with Gasteiger partial charge in [0.2, 0.25) is 5.78 Å². The zero-order chi connectivity index (χ0) is 15.8. The molecule has 0 aliphatic carbocycles. The normalized spacial score (nSPS) is 18.5. The molecule has 1 N–H and O–H groups in total. The molecular formula is C15H15ClN6O. The van der Waals surface area contributed by atoms with Gasteiger partial charge >= 0.3 is 0 Å². The Balaban J connectivity index is 1.57. The quantitative estimate of drug-likeness (QED) is 0.780. The minimum atomic E-state index is -0.0733. The van der Waals surface area contributed by atoms with Crippen LogP contribution >= 0.6 is 11.6 Å². The summed E-state index contributed by atoms with van der Waals surface area (Å²) in [4.78, 5) is 23.0. The Morgan fingerprint density at radius 1 is 1.39 bits per heavy atom. The molecule has 1 aliphatic rings. The van der Waals surface area contributed by atoms with Crippen LogP contribution in [-0.4, -0.2) is 48.5 Å². The molecular weight excluding hydrogens is 316 g/mol. The summed E-state index contributed by atoms with van der Waals surface area (Å²) in [6.45, 7) is 1.41. The molecule has 1 atom stereocenters. The van der Waals surface area contributed by atoms with Crippen LogP contribution in [0, 0.1) is 0 Å². The first-order chi connectivity index (χ1) is 11.2. The van der Waals surface area contributed by atoms with Gasteiger partial charge in [-0.25, -0.2) is 9.97 Å². The molecule has 1 unspecified atom stereocenters. The van der Waals surface area contributed by atoms with Crippen molar-refractivity contribution in [2.24, 2.45) is 0 Å². The maximum atomic E-state index is 12.7. The average molecular weight is 331 g/mol. The lowest BCUT2D eigenvalue weighted by Crippen LogP contribution is -2.39. The van der Waals surface area contributed by atoms with E-state index in [4.69, 9.17) is 11.6 Å². The van der Waals surface area contributed by atoms with Crippen molar-refractivity contribution in [2.45, 2.75) is 18.8 Å². The highest BCUT2D eigenvalue weighted by molar-refractivity contribution is 6.30. The van der Waals surface area contributed by atoms with Gasteiger partial charge in [-0.3, -0.25) is 14.3 Å². The van der Waals surface area contributed by atoms with Gasteiger partial charge in [0.05, 0.1) is 11.2 Å². The zero-order valence-electron chi connectivity index (χ0n) is 12.3. The Morgan fingerprint density at radius 2 is 2.30 bits per heavy atom. The molecule has 3 aromatic rings. The van der Waals surface area contributed by atoms with Crippen LogP contribution < -0.4 is 0 Å². The highest BCUT2D eigenvalue weighted by atomic mass is 35.5. The molecule has 1 aliphatic heterocycles. The Hall–Kier alpha value is -2.41. The molecule has 0 spiro atoms. The Kier molecular flexibility index (Phi) is 3.49. The molecule has 0 saturated carbocycles. The number of hydrogen-bond donors (Lipinski definition) is 1. The van der Waals surface area contributed by atoms with Gasteiger partial charge in [-0.15, -0.1) is 0 Å². The fourth-order valence-electron chi connectivity index (χ4n) is 3.03. The largest absolute Gasteiger partial charge is 0.337 e. The van der Waals surface area contributed by atoms with E-state index in [1.165, 1.54) is 6.20 Å². The van der Waals surface area contributed by atoms with Crippen LogP contribution in [-0.2, 0) is 0 Å². The van der Waals surface area contributed by atoms with Crippen molar-refractivity contribution in [3.05, 3.63) is 47.3 Å². The van der Waals surface area contributed by atoms with Crippen molar-refractivity contribution < 1.29 is 4.79 Å². The number of aromatic amines is 1. The number of amides is 1. The third kappa shape index (κ3) is 2.68. The first kappa shape index (κ1) is 14.2. The number of H-pyrrole nitrogens is 1. The predicted octanol–water partition coefficient (Wildman–Crippen LogP) is 2.13. The number of fused-ring (bicyclic) bond motifs is 1. The molecule has 4 heterocycles. The molecule has 0 radical (unpaired) electrons. The molecule has 1 fully saturated rings. The fraction of sp³-hybridized carbons (Fsp3) is 0.333. The first-order valence-corrected chi connectivity index (χ1v) is 7.87. The van der Waals surface area contributed by atoms with Gasteiger partial charge in [-0.1, -0.05) is 11.6 Å². The van der Waals surface area contributed by atoms with Crippen LogP contribution in [0.4, 0.5) is 0 Å². The third-order valence-electron chi connectivity index (χ3n) is 4.17. The molecule has 1 saturated heterocycles. The lowest BCUT2D eigenvalue weighted by molar-refractivity contribution is 0.0700. The Morgan fingerprint density at radius 3 is 3.13 bits per heavy atom. The van der Waals surface area contributed by atoms with Crippen molar-refractivity contribution in [2.75, 3.05) is 13.1 Å². The maximum Gasteiger partial charge on any atom is 0.274 e. The number of imidazole rings is 1. The highest BCUT2D eigenvalue weighted by Gasteiger charge is 2.27. The van der Waals surface area contributed by atoms with Crippen molar-refractivity contribution >= 4 is 23.3 Å². The van der Waals surface area contributed by atoms with Crippen LogP contribution in [0.2, 0.25) is 5.02 Å². The first-order valence-electron chi connectivity index (χ1n) is 7.49. The summed E-state index contributed by atoms with van der Waals surface area (Å²) in [5.74, 6) is 0.690. The Labute approximate surface area is 137 Å². The van der Waals surface area contributed by atoms with E-state index in [0.717, 1.165) is 25.1 Å². The highest BCUT2D eigenvalue weighted by Crippen LogP contribution is 2.26. The molecule has 4 rings (SSSR count). The molecule has 8 heteroatoms. The van der Waals surface area contributed by atoms with E-state index in [2.05, 4.69) is 20.2 Å².